The van der Waals surface area contributed by atoms with Gasteiger partial charge in [0, 0.05) is 31.9 Å². The number of nitrogens with zero attached hydrogens (tertiary/aromatic N) is 2. The number of alkyl halides is 3. The molecule has 104 valence electrons. The molecule has 1 amide bonds. The van der Waals surface area contributed by atoms with Crippen LogP contribution in [0.4, 0.5) is 13.2 Å². The van der Waals surface area contributed by atoms with E-state index in [0.717, 1.165) is 12.3 Å². The zero-order valence-corrected chi connectivity index (χ0v) is 10.4. The van der Waals surface area contributed by atoms with E-state index in [1.54, 1.807) is 4.90 Å². The minimum Gasteiger partial charge on any atom is -0.333 e. The second-order valence-corrected chi connectivity index (χ2v) is 4.48. The number of halogens is 3. The molecule has 4 nitrogen and oxygen atoms in total. The molecule has 2 rings (SSSR count). The third-order valence-corrected chi connectivity index (χ3v) is 3.06. The molecular formula is C12H14F3N3O. The Hall–Kier alpha value is -1.63. The van der Waals surface area contributed by atoms with Crippen LogP contribution in [0.15, 0.2) is 18.3 Å². The normalized spacial score (nSPS) is 20.4. The molecule has 0 saturated carbocycles. The van der Waals surface area contributed by atoms with Crippen LogP contribution in [0, 0.1) is 0 Å². The number of aromatic nitrogens is 1. The minimum atomic E-state index is -4.48. The van der Waals surface area contributed by atoms with Crippen LogP contribution in [0.3, 0.4) is 0 Å². The van der Waals surface area contributed by atoms with Crippen molar-refractivity contribution < 1.29 is 18.0 Å². The van der Waals surface area contributed by atoms with Crippen LogP contribution < -0.4 is 5.32 Å². The van der Waals surface area contributed by atoms with Gasteiger partial charge in [-0.1, -0.05) is 0 Å². The molecule has 2 heterocycles. The van der Waals surface area contributed by atoms with E-state index in [0.29, 0.717) is 19.6 Å². The van der Waals surface area contributed by atoms with Gasteiger partial charge in [0.05, 0.1) is 5.56 Å². The maximum Gasteiger partial charge on any atom is 0.433 e. The SMILES string of the molecule is CC1CNCCN1C(=O)c1ccc(C(F)(F)F)nc1. The third kappa shape index (κ3) is 3.04. The first kappa shape index (κ1) is 13.8. The van der Waals surface area contributed by atoms with Crippen LogP contribution in [0.5, 0.6) is 0 Å². The van der Waals surface area contributed by atoms with Crippen LogP contribution in [0.1, 0.15) is 23.0 Å². The molecule has 0 aromatic carbocycles. The molecule has 1 fully saturated rings. The molecule has 1 aromatic heterocycles. The lowest BCUT2D eigenvalue weighted by Gasteiger charge is -2.34. The van der Waals surface area contributed by atoms with Crippen LogP contribution in [-0.4, -0.2) is 41.5 Å². The quantitative estimate of drug-likeness (QED) is 0.844. The highest BCUT2D eigenvalue weighted by molar-refractivity contribution is 5.94. The fraction of sp³-hybridized carbons (Fsp3) is 0.500. The fourth-order valence-corrected chi connectivity index (χ4v) is 2.00. The Balaban J connectivity index is 2.15. The van der Waals surface area contributed by atoms with Gasteiger partial charge in [0.25, 0.3) is 5.91 Å². The number of nitrogens with one attached hydrogen (secondary N) is 1. The molecule has 1 aliphatic rings. The molecule has 7 heteroatoms. The van der Waals surface area contributed by atoms with Gasteiger partial charge < -0.3 is 10.2 Å². The number of piperazine rings is 1. The summed E-state index contributed by atoms with van der Waals surface area (Å²) in [6.07, 6.45) is -3.50. The molecule has 1 N–H and O–H groups in total. The Labute approximate surface area is 108 Å². The minimum absolute atomic E-state index is 0.0172. The summed E-state index contributed by atoms with van der Waals surface area (Å²) < 4.78 is 37.1. The molecule has 0 spiro atoms. The number of carbonyl (C=O) groups is 1. The van der Waals surface area contributed by atoms with Crippen molar-refractivity contribution in [3.8, 4) is 0 Å². The molecule has 1 saturated heterocycles. The highest BCUT2D eigenvalue weighted by Crippen LogP contribution is 2.27. The largest absolute Gasteiger partial charge is 0.433 e. The monoisotopic (exact) mass is 273 g/mol. The fourth-order valence-electron chi connectivity index (χ4n) is 2.00. The Bertz CT molecular complexity index is 458. The van der Waals surface area contributed by atoms with Gasteiger partial charge in [-0.15, -0.1) is 0 Å². The van der Waals surface area contributed by atoms with E-state index in [-0.39, 0.29) is 17.5 Å². The number of rotatable bonds is 1. The smallest absolute Gasteiger partial charge is 0.333 e. The van der Waals surface area contributed by atoms with Gasteiger partial charge in [0.1, 0.15) is 5.69 Å². The first-order valence-electron chi connectivity index (χ1n) is 5.94. The van der Waals surface area contributed by atoms with Crippen molar-refractivity contribution in [3.63, 3.8) is 0 Å². The maximum absolute atomic E-state index is 12.4. The summed E-state index contributed by atoms with van der Waals surface area (Å²) in [6.45, 7) is 3.80. The average molecular weight is 273 g/mol. The third-order valence-electron chi connectivity index (χ3n) is 3.06. The van der Waals surface area contributed by atoms with Crippen molar-refractivity contribution in [2.24, 2.45) is 0 Å². The number of pyridine rings is 1. The van der Waals surface area contributed by atoms with Crippen molar-refractivity contribution in [1.29, 1.82) is 0 Å². The number of amides is 1. The maximum atomic E-state index is 12.4. The van der Waals surface area contributed by atoms with Crippen LogP contribution >= 0.6 is 0 Å². The molecule has 0 aliphatic carbocycles. The molecule has 0 radical (unpaired) electrons. The lowest BCUT2D eigenvalue weighted by atomic mass is 10.1. The summed E-state index contributed by atoms with van der Waals surface area (Å²) in [5.74, 6) is -0.282. The van der Waals surface area contributed by atoms with Crippen LogP contribution in [-0.2, 0) is 6.18 Å². The highest BCUT2D eigenvalue weighted by Gasteiger charge is 2.32. The van der Waals surface area contributed by atoms with Crippen molar-refractivity contribution in [2.75, 3.05) is 19.6 Å². The number of carbonyl (C=O) groups excluding carboxylic acids is 1. The average Bonchev–Trinajstić information content (AvgIpc) is 2.38. The van der Waals surface area contributed by atoms with Gasteiger partial charge >= 0.3 is 6.18 Å². The molecule has 1 aromatic rings. The van der Waals surface area contributed by atoms with Gasteiger partial charge in [-0.2, -0.15) is 13.2 Å². The van der Waals surface area contributed by atoms with E-state index in [1.165, 1.54) is 6.07 Å². The van der Waals surface area contributed by atoms with Crippen molar-refractivity contribution in [2.45, 2.75) is 19.1 Å². The molecule has 1 atom stereocenters. The number of hydrogen-bond donors (Lipinski definition) is 1. The summed E-state index contributed by atoms with van der Waals surface area (Å²) in [4.78, 5) is 17.1. The standard InChI is InChI=1S/C12H14F3N3O/c1-8-6-16-4-5-18(8)11(19)9-2-3-10(17-7-9)12(13,14)15/h2-3,7-8,16H,4-6H2,1H3. The van der Waals surface area contributed by atoms with Crippen LogP contribution in [0.2, 0.25) is 0 Å². The second kappa shape index (κ2) is 5.16. The van der Waals surface area contributed by atoms with Gasteiger partial charge in [-0.3, -0.25) is 9.78 Å². The highest BCUT2D eigenvalue weighted by atomic mass is 19.4. The molecule has 1 aliphatic heterocycles. The second-order valence-electron chi connectivity index (χ2n) is 4.48. The zero-order valence-electron chi connectivity index (χ0n) is 10.4. The van der Waals surface area contributed by atoms with Crippen LogP contribution in [0.25, 0.3) is 0 Å². The predicted molar refractivity (Wildman–Crippen MR) is 62.6 cm³/mol. The van der Waals surface area contributed by atoms with E-state index in [9.17, 15) is 18.0 Å². The van der Waals surface area contributed by atoms with Crippen molar-refractivity contribution in [1.82, 2.24) is 15.2 Å². The summed E-state index contributed by atoms with van der Waals surface area (Å²) in [6, 6.07) is 2.02. The van der Waals surface area contributed by atoms with E-state index in [2.05, 4.69) is 10.3 Å². The Morgan fingerprint density at radius 1 is 1.47 bits per heavy atom. The van der Waals surface area contributed by atoms with Gasteiger partial charge in [-0.05, 0) is 19.1 Å². The van der Waals surface area contributed by atoms with Gasteiger partial charge in [0.15, 0.2) is 0 Å². The summed E-state index contributed by atoms with van der Waals surface area (Å²) >= 11 is 0. The van der Waals surface area contributed by atoms with Gasteiger partial charge in [-0.25, -0.2) is 0 Å². The molecule has 1 unspecified atom stereocenters. The first-order chi connectivity index (χ1) is 8.89. The summed E-state index contributed by atoms with van der Waals surface area (Å²) in [5, 5.41) is 3.14. The molecule has 0 bridgehead atoms. The van der Waals surface area contributed by atoms with Gasteiger partial charge in [0.2, 0.25) is 0 Å². The Kier molecular flexibility index (Phi) is 3.75. The lowest BCUT2D eigenvalue weighted by Crippen LogP contribution is -2.52. The summed E-state index contributed by atoms with van der Waals surface area (Å²) in [7, 11) is 0. The predicted octanol–water partition coefficient (Wildman–Crippen LogP) is 1.53. The van der Waals surface area contributed by atoms with E-state index in [1.807, 2.05) is 6.92 Å². The van der Waals surface area contributed by atoms with E-state index >= 15 is 0 Å². The van der Waals surface area contributed by atoms with E-state index < -0.39 is 11.9 Å². The summed E-state index contributed by atoms with van der Waals surface area (Å²) in [5.41, 5.74) is -0.806. The van der Waals surface area contributed by atoms with Crippen molar-refractivity contribution >= 4 is 5.91 Å². The Morgan fingerprint density at radius 3 is 2.74 bits per heavy atom. The van der Waals surface area contributed by atoms with E-state index in [4.69, 9.17) is 0 Å². The lowest BCUT2D eigenvalue weighted by molar-refractivity contribution is -0.141. The number of hydrogen-bond acceptors (Lipinski definition) is 3. The molecular weight excluding hydrogens is 259 g/mol. The topological polar surface area (TPSA) is 45.2 Å². The zero-order chi connectivity index (χ0) is 14.0. The Morgan fingerprint density at radius 2 is 2.21 bits per heavy atom. The first-order valence-corrected chi connectivity index (χ1v) is 5.94. The molecule has 19 heavy (non-hydrogen) atoms. The van der Waals surface area contributed by atoms with Crippen molar-refractivity contribution in [3.05, 3.63) is 29.6 Å².